The average Bonchev–Trinajstić information content (AvgIpc) is 2.16. The van der Waals surface area contributed by atoms with Crippen molar-refractivity contribution in [2.45, 2.75) is 19.3 Å². The Kier molecular flexibility index (Phi) is 11.3. The number of ether oxygens (including phenoxy) is 1. The van der Waals surface area contributed by atoms with Gasteiger partial charge in [-0.3, -0.25) is 0 Å². The maximum absolute atomic E-state index is 8.42. The third-order valence-corrected chi connectivity index (χ3v) is 1.64. The van der Waals surface area contributed by atoms with Gasteiger partial charge in [-0.05, 0) is 32.4 Å². The van der Waals surface area contributed by atoms with E-state index in [-0.39, 0.29) is 6.61 Å². The fourth-order valence-corrected chi connectivity index (χ4v) is 0.962. The molecule has 0 bridgehead atoms. The molecule has 0 aromatic carbocycles. The number of hydrogen-bond acceptors (Lipinski definition) is 3. The molecule has 0 spiro atoms. The molecule has 0 saturated carbocycles. The summed E-state index contributed by atoms with van der Waals surface area (Å²) in [5, 5.41) is 11.7. The molecule has 0 heterocycles. The first-order valence-corrected chi connectivity index (χ1v) is 4.92. The van der Waals surface area contributed by atoms with Crippen LogP contribution in [-0.2, 0) is 4.74 Å². The molecule has 2 N–H and O–H groups in total. The summed E-state index contributed by atoms with van der Waals surface area (Å²) in [6.07, 6.45) is 5.18. The van der Waals surface area contributed by atoms with E-state index in [1.807, 2.05) is 6.08 Å². The molecular weight excluding hydrogens is 166 g/mol. The van der Waals surface area contributed by atoms with Crippen LogP contribution in [0.3, 0.4) is 0 Å². The van der Waals surface area contributed by atoms with E-state index in [9.17, 15) is 0 Å². The van der Waals surface area contributed by atoms with Crippen molar-refractivity contribution in [3.63, 3.8) is 0 Å². The second kappa shape index (κ2) is 11.6. The topological polar surface area (TPSA) is 41.5 Å². The number of aliphatic hydroxyl groups is 1. The summed E-state index contributed by atoms with van der Waals surface area (Å²) in [5.74, 6) is 0. The maximum atomic E-state index is 8.42. The van der Waals surface area contributed by atoms with E-state index >= 15 is 0 Å². The average molecular weight is 187 g/mol. The van der Waals surface area contributed by atoms with Crippen LogP contribution in [0.2, 0.25) is 0 Å². The molecule has 0 unspecified atom stereocenters. The summed E-state index contributed by atoms with van der Waals surface area (Å²) in [6.45, 7) is 7.00. The van der Waals surface area contributed by atoms with Crippen LogP contribution < -0.4 is 5.32 Å². The first-order chi connectivity index (χ1) is 6.41. The fraction of sp³-hybridized carbons (Fsp3) is 0.800. The SMILES string of the molecule is C=CCCCNCCCOCCO. The summed E-state index contributed by atoms with van der Waals surface area (Å²) in [5.41, 5.74) is 0. The van der Waals surface area contributed by atoms with Crippen molar-refractivity contribution >= 4 is 0 Å². The molecular formula is C10H21NO2. The molecule has 0 aliphatic rings. The zero-order valence-corrected chi connectivity index (χ0v) is 8.30. The highest BCUT2D eigenvalue weighted by Crippen LogP contribution is 1.86. The van der Waals surface area contributed by atoms with E-state index in [0.717, 1.165) is 39.0 Å². The van der Waals surface area contributed by atoms with Crippen molar-refractivity contribution in [1.82, 2.24) is 5.32 Å². The van der Waals surface area contributed by atoms with Gasteiger partial charge in [0.25, 0.3) is 0 Å². The zero-order chi connectivity index (χ0) is 9.78. The smallest absolute Gasteiger partial charge is 0.0697 e. The van der Waals surface area contributed by atoms with Gasteiger partial charge in [0.1, 0.15) is 0 Å². The van der Waals surface area contributed by atoms with Crippen LogP contribution in [0.4, 0.5) is 0 Å². The van der Waals surface area contributed by atoms with Crippen LogP contribution >= 0.6 is 0 Å². The number of rotatable bonds is 10. The van der Waals surface area contributed by atoms with Gasteiger partial charge in [0.2, 0.25) is 0 Å². The molecule has 0 saturated heterocycles. The van der Waals surface area contributed by atoms with Gasteiger partial charge in [0.15, 0.2) is 0 Å². The minimum Gasteiger partial charge on any atom is -0.394 e. The molecule has 0 fully saturated rings. The van der Waals surface area contributed by atoms with Gasteiger partial charge in [0, 0.05) is 6.61 Å². The maximum Gasteiger partial charge on any atom is 0.0697 e. The number of nitrogens with one attached hydrogen (secondary N) is 1. The second-order valence-electron chi connectivity index (χ2n) is 2.87. The van der Waals surface area contributed by atoms with Crippen molar-refractivity contribution in [3.8, 4) is 0 Å². The van der Waals surface area contributed by atoms with E-state index in [2.05, 4.69) is 11.9 Å². The van der Waals surface area contributed by atoms with Crippen LogP contribution in [0.5, 0.6) is 0 Å². The Morgan fingerprint density at radius 3 is 2.69 bits per heavy atom. The molecule has 13 heavy (non-hydrogen) atoms. The lowest BCUT2D eigenvalue weighted by Crippen LogP contribution is -2.18. The number of allylic oxidation sites excluding steroid dienone is 1. The highest BCUT2D eigenvalue weighted by molar-refractivity contribution is 4.66. The van der Waals surface area contributed by atoms with E-state index in [1.54, 1.807) is 0 Å². The summed E-state index contributed by atoms with van der Waals surface area (Å²) in [7, 11) is 0. The van der Waals surface area contributed by atoms with Crippen LogP contribution in [-0.4, -0.2) is 38.0 Å². The lowest BCUT2D eigenvalue weighted by Gasteiger charge is -2.03. The Labute approximate surface area is 80.8 Å². The third-order valence-electron chi connectivity index (χ3n) is 1.64. The molecule has 0 atom stereocenters. The molecule has 0 aromatic rings. The first kappa shape index (κ1) is 12.6. The van der Waals surface area contributed by atoms with Gasteiger partial charge in [0.05, 0.1) is 13.2 Å². The number of unbranched alkanes of at least 4 members (excludes halogenated alkanes) is 1. The summed E-state index contributed by atoms with van der Waals surface area (Å²) >= 11 is 0. The molecule has 3 heteroatoms. The van der Waals surface area contributed by atoms with Crippen molar-refractivity contribution in [3.05, 3.63) is 12.7 Å². The largest absolute Gasteiger partial charge is 0.394 e. The first-order valence-electron chi connectivity index (χ1n) is 4.92. The molecule has 0 aliphatic carbocycles. The highest BCUT2D eigenvalue weighted by Gasteiger charge is 1.88. The Balaban J connectivity index is 2.79. The normalized spacial score (nSPS) is 10.2. The zero-order valence-electron chi connectivity index (χ0n) is 8.30. The van der Waals surface area contributed by atoms with E-state index < -0.39 is 0 Å². The lowest BCUT2D eigenvalue weighted by atomic mass is 10.3. The van der Waals surface area contributed by atoms with E-state index in [0.29, 0.717) is 6.61 Å². The fourth-order valence-electron chi connectivity index (χ4n) is 0.962. The molecule has 0 aromatic heterocycles. The Morgan fingerprint density at radius 1 is 1.23 bits per heavy atom. The van der Waals surface area contributed by atoms with Crippen LogP contribution in [0, 0.1) is 0 Å². The van der Waals surface area contributed by atoms with Gasteiger partial charge < -0.3 is 15.2 Å². The van der Waals surface area contributed by atoms with Crippen molar-refractivity contribution < 1.29 is 9.84 Å². The third kappa shape index (κ3) is 11.6. The Bertz CT molecular complexity index is 107. The van der Waals surface area contributed by atoms with Gasteiger partial charge in [-0.25, -0.2) is 0 Å². The lowest BCUT2D eigenvalue weighted by molar-refractivity contribution is 0.0907. The summed E-state index contributed by atoms with van der Waals surface area (Å²) in [4.78, 5) is 0. The number of aliphatic hydroxyl groups excluding tert-OH is 1. The molecule has 78 valence electrons. The summed E-state index contributed by atoms with van der Waals surface area (Å²) < 4.78 is 5.10. The standard InChI is InChI=1S/C10H21NO2/c1-2-3-4-6-11-7-5-9-13-10-8-12/h2,11-12H,1,3-10H2. The van der Waals surface area contributed by atoms with Crippen LogP contribution in [0.15, 0.2) is 12.7 Å². The van der Waals surface area contributed by atoms with E-state index in [4.69, 9.17) is 9.84 Å². The molecule has 0 radical (unpaired) electrons. The highest BCUT2D eigenvalue weighted by atomic mass is 16.5. The molecule has 3 nitrogen and oxygen atoms in total. The predicted octanol–water partition coefficient (Wildman–Crippen LogP) is 0.941. The minimum atomic E-state index is 0.118. The van der Waals surface area contributed by atoms with Gasteiger partial charge in [-0.1, -0.05) is 6.08 Å². The van der Waals surface area contributed by atoms with Crippen molar-refractivity contribution in [1.29, 1.82) is 0 Å². The van der Waals surface area contributed by atoms with Crippen LogP contribution in [0.1, 0.15) is 19.3 Å². The van der Waals surface area contributed by atoms with Crippen molar-refractivity contribution in [2.24, 2.45) is 0 Å². The Morgan fingerprint density at radius 2 is 2.00 bits per heavy atom. The van der Waals surface area contributed by atoms with Crippen LogP contribution in [0.25, 0.3) is 0 Å². The monoisotopic (exact) mass is 187 g/mol. The van der Waals surface area contributed by atoms with Gasteiger partial charge >= 0.3 is 0 Å². The van der Waals surface area contributed by atoms with Gasteiger partial charge in [-0.15, -0.1) is 6.58 Å². The van der Waals surface area contributed by atoms with E-state index in [1.165, 1.54) is 0 Å². The minimum absolute atomic E-state index is 0.118. The molecule has 0 amide bonds. The predicted molar refractivity (Wildman–Crippen MR) is 54.8 cm³/mol. The summed E-state index contributed by atoms with van der Waals surface area (Å²) in [6, 6.07) is 0. The Hall–Kier alpha value is -0.380. The van der Waals surface area contributed by atoms with Gasteiger partial charge in [-0.2, -0.15) is 0 Å². The second-order valence-corrected chi connectivity index (χ2v) is 2.87. The quantitative estimate of drug-likeness (QED) is 0.395. The van der Waals surface area contributed by atoms with Crippen molar-refractivity contribution in [2.75, 3.05) is 32.9 Å². The number of hydrogen-bond donors (Lipinski definition) is 2. The molecule has 0 aliphatic heterocycles. The molecule has 0 rings (SSSR count).